The van der Waals surface area contributed by atoms with E-state index < -0.39 is 24.8 Å². The second-order valence-corrected chi connectivity index (χ2v) is 6.11. The Bertz CT molecular complexity index is 747. The van der Waals surface area contributed by atoms with Gasteiger partial charge in [0, 0.05) is 13.2 Å². The summed E-state index contributed by atoms with van der Waals surface area (Å²) in [5, 5.41) is 9.13. The van der Waals surface area contributed by atoms with Crippen molar-refractivity contribution in [1.82, 2.24) is 0 Å². The summed E-state index contributed by atoms with van der Waals surface area (Å²) in [6.07, 6.45) is 1.14. The van der Waals surface area contributed by atoms with Crippen LogP contribution < -0.4 is 10.6 Å². The zero-order valence-electron chi connectivity index (χ0n) is 11.9. The molecule has 122 valence electrons. The fourth-order valence-corrected chi connectivity index (χ4v) is 2.87. The fourth-order valence-electron chi connectivity index (χ4n) is 2.30. The van der Waals surface area contributed by atoms with E-state index in [1.807, 2.05) is 6.07 Å². The van der Waals surface area contributed by atoms with Crippen molar-refractivity contribution in [2.75, 3.05) is 25.0 Å². The highest BCUT2D eigenvalue weighted by Crippen LogP contribution is 2.39. The van der Waals surface area contributed by atoms with Gasteiger partial charge in [0.15, 0.2) is 5.82 Å². The fraction of sp³-hybridized carbons (Fsp3) is 0.286. The van der Waals surface area contributed by atoms with Crippen molar-refractivity contribution in [2.24, 2.45) is 10.7 Å². The molecule has 0 aromatic heterocycles. The first kappa shape index (κ1) is 17.6. The average Bonchev–Trinajstić information content (AvgIpc) is 2.48. The van der Waals surface area contributed by atoms with Crippen molar-refractivity contribution in [1.29, 1.82) is 5.26 Å². The first-order valence-corrected chi connectivity index (χ1v) is 7.52. The summed E-state index contributed by atoms with van der Waals surface area (Å²) in [7, 11) is 1.39. The highest BCUT2D eigenvalue weighted by Gasteiger charge is 2.45. The molecule has 1 fully saturated rings. The highest BCUT2D eigenvalue weighted by molar-refractivity contribution is 9.12. The topological polar surface area (TPSA) is 65.4 Å². The Morgan fingerprint density at radius 3 is 2.61 bits per heavy atom. The van der Waals surface area contributed by atoms with Crippen LogP contribution in [0.2, 0.25) is 5.02 Å². The van der Waals surface area contributed by atoms with Crippen LogP contribution in [0.1, 0.15) is 11.1 Å². The molecule has 0 bridgehead atoms. The monoisotopic (exact) mass is 406 g/mol. The molecule has 0 saturated carbocycles. The number of hydrogen-bond acceptors (Lipinski definition) is 4. The van der Waals surface area contributed by atoms with E-state index in [9.17, 15) is 18.4 Å². The molecule has 1 aromatic rings. The Hall–Kier alpha value is -1.72. The number of allylic oxidation sites excluding steroid dienone is 1. The number of hydrogen-bond donors (Lipinski definition) is 1. The van der Waals surface area contributed by atoms with Gasteiger partial charge in [-0.2, -0.15) is 5.26 Å². The first-order valence-electron chi connectivity index (χ1n) is 6.35. The van der Waals surface area contributed by atoms with E-state index in [1.54, 1.807) is 0 Å². The van der Waals surface area contributed by atoms with Crippen molar-refractivity contribution in [3.05, 3.63) is 38.7 Å². The quantitative estimate of drug-likeness (QED) is 0.781. The Morgan fingerprint density at radius 2 is 2.17 bits per heavy atom. The van der Waals surface area contributed by atoms with Crippen molar-refractivity contribution in [3.8, 4) is 6.07 Å². The molecule has 0 spiro atoms. The number of aliphatic imine (C=N–C) groups is 1. The Kier molecular flexibility index (Phi) is 4.92. The Balaban J connectivity index is 2.68. The molecule has 0 aliphatic carbocycles. The van der Waals surface area contributed by atoms with Gasteiger partial charge in [0.2, 0.25) is 0 Å². The molecule has 0 unspecified atom stereocenters. The van der Waals surface area contributed by atoms with Gasteiger partial charge in [-0.1, -0.05) is 11.6 Å². The van der Waals surface area contributed by atoms with E-state index in [0.29, 0.717) is 0 Å². The summed E-state index contributed by atoms with van der Waals surface area (Å²) in [5.74, 6) is -3.70. The summed E-state index contributed by atoms with van der Waals surface area (Å²) < 4.78 is 40.9. The Labute approximate surface area is 144 Å². The van der Waals surface area contributed by atoms with E-state index in [4.69, 9.17) is 17.3 Å². The number of anilines is 1. The summed E-state index contributed by atoms with van der Waals surface area (Å²) in [4.78, 5) is 5.18. The molecule has 1 aliphatic heterocycles. The minimum atomic E-state index is -2.84. The number of benzene rings is 1. The summed E-state index contributed by atoms with van der Waals surface area (Å²) in [5.41, 5.74) is 5.30. The van der Waals surface area contributed by atoms with Gasteiger partial charge in [0.25, 0.3) is 5.92 Å². The molecule has 2 N–H and O–H groups in total. The predicted molar refractivity (Wildman–Crippen MR) is 86.9 cm³/mol. The van der Waals surface area contributed by atoms with Gasteiger partial charge in [0.1, 0.15) is 6.07 Å². The lowest BCUT2D eigenvalue weighted by Crippen LogP contribution is -2.56. The molecule has 1 saturated heterocycles. The summed E-state index contributed by atoms with van der Waals surface area (Å²) in [6.45, 7) is -1.12. The predicted octanol–water partition coefficient (Wildman–Crippen LogP) is 3.42. The number of nitriles is 1. The van der Waals surface area contributed by atoms with Crippen LogP contribution in [0.15, 0.2) is 21.7 Å². The first-order chi connectivity index (χ1) is 10.8. The molecular weight excluding hydrogens is 397 g/mol. The lowest BCUT2D eigenvalue weighted by molar-refractivity contribution is -0.0262. The van der Waals surface area contributed by atoms with Crippen LogP contribution in [0.3, 0.4) is 0 Å². The maximum Gasteiger partial charge on any atom is 0.282 e. The van der Waals surface area contributed by atoms with Crippen LogP contribution in [0.25, 0.3) is 0 Å². The molecule has 1 aliphatic rings. The van der Waals surface area contributed by atoms with E-state index in [-0.39, 0.29) is 32.0 Å². The number of nitrogens with zero attached hydrogens (tertiary/aromatic N) is 3. The van der Waals surface area contributed by atoms with Crippen molar-refractivity contribution >= 4 is 38.9 Å². The zero-order chi connectivity index (χ0) is 17.4. The van der Waals surface area contributed by atoms with Crippen LogP contribution >= 0.6 is 27.5 Å². The smallest absolute Gasteiger partial charge is 0.282 e. The van der Waals surface area contributed by atoms with E-state index in [2.05, 4.69) is 20.9 Å². The molecule has 0 atom stereocenters. The van der Waals surface area contributed by atoms with Crippen LogP contribution in [0, 0.1) is 17.1 Å². The van der Waals surface area contributed by atoms with Gasteiger partial charge in [0.05, 0.1) is 45.1 Å². The number of rotatable bonds is 3. The lowest BCUT2D eigenvalue weighted by Gasteiger charge is -2.41. The van der Waals surface area contributed by atoms with Gasteiger partial charge in [-0.15, -0.1) is 0 Å². The van der Waals surface area contributed by atoms with Gasteiger partial charge in [-0.05, 0) is 22.0 Å². The van der Waals surface area contributed by atoms with Gasteiger partial charge < -0.3 is 10.6 Å². The van der Waals surface area contributed by atoms with Gasteiger partial charge in [-0.25, -0.2) is 13.2 Å². The number of alkyl halides is 2. The maximum atomic E-state index is 14.5. The molecule has 9 heteroatoms. The largest absolute Gasteiger partial charge is 0.404 e. The van der Waals surface area contributed by atoms with Crippen molar-refractivity contribution in [2.45, 2.75) is 5.92 Å². The molecule has 1 heterocycles. The maximum absolute atomic E-state index is 14.5. The molecular formula is C14H11BrClF3N4. The van der Waals surface area contributed by atoms with Gasteiger partial charge >= 0.3 is 0 Å². The van der Waals surface area contributed by atoms with Crippen molar-refractivity contribution < 1.29 is 13.2 Å². The summed E-state index contributed by atoms with van der Waals surface area (Å²) >= 11 is 9.00. The third-order valence-electron chi connectivity index (χ3n) is 3.33. The normalized spacial score (nSPS) is 17.7. The number of halogens is 5. The third-order valence-corrected chi connectivity index (χ3v) is 4.24. The number of nitrogens with two attached hydrogens (primary N) is 1. The summed E-state index contributed by atoms with van der Waals surface area (Å²) in [6, 6.07) is 3.02. The minimum absolute atomic E-state index is 0.0672. The minimum Gasteiger partial charge on any atom is -0.404 e. The molecule has 0 radical (unpaired) electrons. The third kappa shape index (κ3) is 3.16. The average molecular weight is 408 g/mol. The molecule has 4 nitrogen and oxygen atoms in total. The zero-order valence-corrected chi connectivity index (χ0v) is 14.2. The second kappa shape index (κ2) is 6.42. The molecule has 2 rings (SSSR count). The van der Waals surface area contributed by atoms with Crippen LogP contribution in [0.5, 0.6) is 0 Å². The standard InChI is InChI=1S/C14H11BrClF3N4/c1-22-13(8(15)4-21)11-7(3-20)10(2-9(16)12(11)17)23-5-14(18,19)6-23/h2,4H,5-6,21H2,1H3. The van der Waals surface area contributed by atoms with Gasteiger partial charge in [-0.3, -0.25) is 4.99 Å². The van der Waals surface area contributed by atoms with Crippen molar-refractivity contribution in [3.63, 3.8) is 0 Å². The molecule has 0 amide bonds. The second-order valence-electron chi connectivity index (χ2n) is 4.85. The highest BCUT2D eigenvalue weighted by atomic mass is 79.9. The van der Waals surface area contributed by atoms with Crippen LogP contribution in [-0.4, -0.2) is 31.8 Å². The lowest BCUT2D eigenvalue weighted by atomic mass is 9.97. The van der Waals surface area contributed by atoms with E-state index in [0.717, 1.165) is 6.20 Å². The van der Waals surface area contributed by atoms with E-state index >= 15 is 0 Å². The molecule has 1 aromatic carbocycles. The van der Waals surface area contributed by atoms with E-state index in [1.165, 1.54) is 18.0 Å². The molecule has 23 heavy (non-hydrogen) atoms. The SMILES string of the molecule is CN=C(C(Br)=CN)c1c(F)c(Cl)cc(N2CC(F)(F)C2)c1C#N. The van der Waals surface area contributed by atoms with Crippen LogP contribution in [0.4, 0.5) is 18.9 Å². The Morgan fingerprint density at radius 1 is 1.57 bits per heavy atom. The van der Waals surface area contributed by atoms with Crippen LogP contribution in [-0.2, 0) is 0 Å².